The summed E-state index contributed by atoms with van der Waals surface area (Å²) in [5, 5.41) is 0. The van der Waals surface area contributed by atoms with Crippen LogP contribution in [0.2, 0.25) is 0 Å². The number of aryl methyl sites for hydroxylation is 1. The number of para-hydroxylation sites is 1. The second-order valence-corrected chi connectivity index (χ2v) is 11.9. The van der Waals surface area contributed by atoms with E-state index in [0.29, 0.717) is 11.5 Å². The number of esters is 1. The van der Waals surface area contributed by atoms with Gasteiger partial charge >= 0.3 is 12.6 Å². The molecule has 0 aliphatic carbocycles. The summed E-state index contributed by atoms with van der Waals surface area (Å²) >= 11 is 5.96. The quantitative estimate of drug-likeness (QED) is 0.0357. The molecular weight excluding hydrogens is 491 g/mol. The van der Waals surface area contributed by atoms with Crippen LogP contribution in [-0.2, 0) is 32.3 Å². The number of ether oxygens (including phenoxy) is 1. The van der Waals surface area contributed by atoms with Gasteiger partial charge in [-0.05, 0) is 44.7 Å². The highest BCUT2D eigenvalue weighted by Gasteiger charge is 2.25. The topological polar surface area (TPSA) is 60.4 Å². The van der Waals surface area contributed by atoms with Crippen molar-refractivity contribution in [3.63, 3.8) is 0 Å². The summed E-state index contributed by atoms with van der Waals surface area (Å²) in [5.74, 6) is 1.33. The largest absolute Gasteiger partial charge is 0.466 e. The molecule has 36 heavy (non-hydrogen) atoms. The number of carbonyl (C=O) groups excluding carboxylic acids is 1. The Morgan fingerprint density at radius 3 is 2.14 bits per heavy atom. The first-order valence-electron chi connectivity index (χ1n) is 13.4. The normalized spacial score (nSPS) is 13.7. The first kappa shape index (κ1) is 32.2. The SMILES string of the molecule is CCCCCCN(CCCCCC)C(C)=NP(=S)(OC(C)=CC(=O)OC)Oc1ccccc1CCC. The van der Waals surface area contributed by atoms with Gasteiger partial charge in [0.2, 0.25) is 0 Å². The number of rotatable bonds is 18. The number of hydrogen-bond donors (Lipinski definition) is 0. The van der Waals surface area contributed by atoms with Crippen molar-refractivity contribution < 1.29 is 18.6 Å². The van der Waals surface area contributed by atoms with Gasteiger partial charge < -0.3 is 18.7 Å². The minimum Gasteiger partial charge on any atom is -0.466 e. The molecule has 0 radical (unpaired) electrons. The third kappa shape index (κ3) is 12.9. The molecule has 0 N–H and O–H groups in total. The summed E-state index contributed by atoms with van der Waals surface area (Å²) < 4.78 is 22.1. The van der Waals surface area contributed by atoms with Crippen molar-refractivity contribution in [1.82, 2.24) is 4.90 Å². The number of hydrogen-bond acceptors (Lipinski definition) is 5. The molecule has 0 saturated heterocycles. The summed E-state index contributed by atoms with van der Waals surface area (Å²) in [6.45, 7) is 8.89. The fourth-order valence-corrected chi connectivity index (χ4v) is 6.21. The summed E-state index contributed by atoms with van der Waals surface area (Å²) in [6.07, 6.45) is 12.6. The van der Waals surface area contributed by atoms with E-state index >= 15 is 0 Å². The van der Waals surface area contributed by atoms with E-state index in [1.165, 1.54) is 51.7 Å². The molecule has 1 aromatic carbocycles. The lowest BCUT2D eigenvalue weighted by atomic mass is 10.1. The van der Waals surface area contributed by atoms with Crippen molar-refractivity contribution in [3.05, 3.63) is 41.7 Å². The van der Waals surface area contributed by atoms with Gasteiger partial charge in [-0.2, -0.15) is 4.76 Å². The molecule has 0 aliphatic heterocycles. The van der Waals surface area contributed by atoms with Crippen molar-refractivity contribution in [1.29, 1.82) is 0 Å². The molecule has 6 nitrogen and oxygen atoms in total. The molecule has 1 unspecified atom stereocenters. The van der Waals surface area contributed by atoms with E-state index in [1.54, 1.807) is 6.92 Å². The Hall–Kier alpha value is -1.85. The number of methoxy groups -OCH3 is 1. The van der Waals surface area contributed by atoms with Crippen molar-refractivity contribution in [2.45, 2.75) is 98.8 Å². The van der Waals surface area contributed by atoms with Gasteiger partial charge in [0.05, 0.1) is 13.2 Å². The summed E-state index contributed by atoms with van der Waals surface area (Å²) in [7, 11) is 1.33. The van der Waals surface area contributed by atoms with Crippen LogP contribution in [0.4, 0.5) is 0 Å². The minimum absolute atomic E-state index is 0.326. The zero-order valence-electron chi connectivity index (χ0n) is 23.3. The lowest BCUT2D eigenvalue weighted by Gasteiger charge is -2.27. The maximum absolute atomic E-state index is 11.8. The number of unbranched alkanes of at least 4 members (excludes halogenated alkanes) is 6. The highest BCUT2D eigenvalue weighted by Crippen LogP contribution is 2.53. The van der Waals surface area contributed by atoms with Crippen LogP contribution in [0, 0.1) is 0 Å². The first-order valence-corrected chi connectivity index (χ1v) is 16.0. The van der Waals surface area contributed by atoms with Crippen LogP contribution >= 0.6 is 6.64 Å². The van der Waals surface area contributed by atoms with Crippen LogP contribution in [0.5, 0.6) is 5.75 Å². The van der Waals surface area contributed by atoms with Crippen LogP contribution in [0.15, 0.2) is 40.9 Å². The third-order valence-electron chi connectivity index (χ3n) is 5.78. The monoisotopic (exact) mass is 538 g/mol. The highest BCUT2D eigenvalue weighted by atomic mass is 32.5. The molecule has 8 heteroatoms. The minimum atomic E-state index is -3.21. The maximum atomic E-state index is 11.8. The molecule has 1 atom stereocenters. The molecule has 0 aliphatic rings. The number of benzene rings is 1. The molecule has 1 aromatic rings. The van der Waals surface area contributed by atoms with Gasteiger partial charge in [0.15, 0.2) is 0 Å². The fourth-order valence-electron chi connectivity index (χ4n) is 3.82. The predicted molar refractivity (Wildman–Crippen MR) is 155 cm³/mol. The van der Waals surface area contributed by atoms with Crippen molar-refractivity contribution in [3.8, 4) is 5.75 Å². The third-order valence-corrected chi connectivity index (χ3v) is 7.95. The number of amidine groups is 1. The van der Waals surface area contributed by atoms with E-state index in [9.17, 15) is 4.79 Å². The van der Waals surface area contributed by atoms with Gasteiger partial charge in [0.25, 0.3) is 0 Å². The van der Waals surface area contributed by atoms with E-state index in [-0.39, 0.29) is 0 Å². The number of allylic oxidation sites excluding steroid dienone is 1. The second kappa shape index (κ2) is 18.4. The van der Waals surface area contributed by atoms with E-state index in [1.807, 2.05) is 31.2 Å². The molecule has 0 aromatic heterocycles. The number of carbonyl (C=O) groups is 1. The van der Waals surface area contributed by atoms with E-state index in [2.05, 4.69) is 25.7 Å². The fraction of sp³-hybridized carbons (Fsp3) is 0.643. The smallest absolute Gasteiger partial charge is 0.415 e. The molecule has 0 spiro atoms. The van der Waals surface area contributed by atoms with Crippen LogP contribution in [0.25, 0.3) is 0 Å². The van der Waals surface area contributed by atoms with Gasteiger partial charge in [-0.15, -0.1) is 0 Å². The van der Waals surface area contributed by atoms with Crippen LogP contribution in [0.3, 0.4) is 0 Å². The van der Waals surface area contributed by atoms with Gasteiger partial charge in [0.1, 0.15) is 17.3 Å². The summed E-state index contributed by atoms with van der Waals surface area (Å²) in [6, 6.07) is 7.87. The van der Waals surface area contributed by atoms with E-state index in [0.717, 1.165) is 50.2 Å². The molecule has 0 heterocycles. The van der Waals surface area contributed by atoms with E-state index < -0.39 is 12.6 Å². The Morgan fingerprint density at radius 2 is 1.58 bits per heavy atom. The molecular formula is C28H47N2O4PS. The van der Waals surface area contributed by atoms with Crippen molar-refractivity contribution >= 4 is 30.3 Å². The Bertz CT molecular complexity index is 876. The van der Waals surface area contributed by atoms with Crippen molar-refractivity contribution in [2.75, 3.05) is 20.2 Å². The van der Waals surface area contributed by atoms with Gasteiger partial charge in [-0.25, -0.2) is 4.79 Å². The van der Waals surface area contributed by atoms with Gasteiger partial charge in [-0.3, -0.25) is 0 Å². The molecule has 0 amide bonds. The highest BCUT2D eigenvalue weighted by molar-refractivity contribution is 8.09. The maximum Gasteiger partial charge on any atom is 0.415 e. The molecule has 0 fully saturated rings. The van der Waals surface area contributed by atoms with Gasteiger partial charge in [-0.1, -0.05) is 83.9 Å². The lowest BCUT2D eigenvalue weighted by molar-refractivity contribution is -0.135. The standard InChI is InChI=1S/C28H47N2O4PS/c1-7-10-12-16-21-30(22-17-13-11-8-2)25(5)29-35(36,33-24(4)23-28(31)32-6)34-27-20-15-14-19-26(27)18-9-3/h14-15,19-20,23H,7-13,16-18,21-22H2,1-6H3. The zero-order valence-corrected chi connectivity index (χ0v) is 25.0. The molecule has 1 rings (SSSR count). The summed E-state index contributed by atoms with van der Waals surface area (Å²) in [5.41, 5.74) is 1.07. The van der Waals surface area contributed by atoms with Crippen LogP contribution < -0.4 is 4.52 Å². The van der Waals surface area contributed by atoms with Crippen LogP contribution in [-0.4, -0.2) is 36.9 Å². The van der Waals surface area contributed by atoms with Crippen molar-refractivity contribution in [2.24, 2.45) is 4.76 Å². The van der Waals surface area contributed by atoms with E-state index in [4.69, 9.17) is 30.4 Å². The van der Waals surface area contributed by atoms with Crippen LogP contribution in [0.1, 0.15) is 98.0 Å². The Labute approximate surface area is 224 Å². The Morgan fingerprint density at radius 1 is 0.972 bits per heavy atom. The first-order chi connectivity index (χ1) is 17.3. The number of nitrogens with zero attached hydrogens (tertiary/aromatic N) is 2. The molecule has 0 bridgehead atoms. The molecule has 204 valence electrons. The zero-order chi connectivity index (χ0) is 26.8. The average Bonchev–Trinajstić information content (AvgIpc) is 2.83. The Balaban J connectivity index is 3.29. The average molecular weight is 539 g/mol. The lowest BCUT2D eigenvalue weighted by Crippen LogP contribution is -2.31. The second-order valence-electron chi connectivity index (χ2n) is 9.04. The summed E-state index contributed by atoms with van der Waals surface area (Å²) in [4.78, 5) is 14.1. The Kier molecular flexibility index (Phi) is 16.4. The van der Waals surface area contributed by atoms with Gasteiger partial charge in [0, 0.05) is 24.9 Å². The molecule has 0 saturated carbocycles. The predicted octanol–water partition coefficient (Wildman–Crippen LogP) is 8.22.